The molecule has 0 bridgehead atoms. The number of hydrogen-bond donors (Lipinski definition) is 1. The largest absolute Gasteiger partial charge is 0.355 e. The van der Waals surface area contributed by atoms with Crippen molar-refractivity contribution in [1.29, 1.82) is 0 Å². The number of aromatic nitrogens is 4. The quantitative estimate of drug-likeness (QED) is 0.897. The van der Waals surface area contributed by atoms with Gasteiger partial charge in [0.15, 0.2) is 0 Å². The summed E-state index contributed by atoms with van der Waals surface area (Å²) in [5.41, 5.74) is 1.26. The van der Waals surface area contributed by atoms with Gasteiger partial charge in [-0.3, -0.25) is 4.68 Å². The number of nitrogens with zero attached hydrogens (tertiary/aromatic N) is 4. The highest BCUT2D eigenvalue weighted by Gasteiger charge is 2.18. The number of imidazole rings is 1. The van der Waals surface area contributed by atoms with Crippen molar-refractivity contribution in [1.82, 2.24) is 19.3 Å². The molecule has 1 saturated carbocycles. The smallest absolute Gasteiger partial charge is 0.203 e. The number of hydrogen-bond acceptors (Lipinski definition) is 3. The van der Waals surface area contributed by atoms with Crippen LogP contribution >= 0.6 is 0 Å². The molecular formula is C14H21N5. The summed E-state index contributed by atoms with van der Waals surface area (Å²) in [6, 6.07) is 0.642. The molecule has 2 heterocycles. The van der Waals surface area contributed by atoms with Crippen LogP contribution in [0, 0.1) is 0 Å². The van der Waals surface area contributed by atoms with Crippen molar-refractivity contribution in [3.05, 3.63) is 30.4 Å². The minimum atomic E-state index is 0.642. The first-order valence-electron chi connectivity index (χ1n) is 7.07. The Morgan fingerprint density at radius 2 is 2.21 bits per heavy atom. The molecule has 3 rings (SSSR count). The first kappa shape index (κ1) is 12.3. The zero-order valence-electron chi connectivity index (χ0n) is 11.4. The maximum absolute atomic E-state index is 4.43. The molecule has 0 radical (unpaired) electrons. The highest BCUT2D eigenvalue weighted by molar-refractivity contribution is 5.27. The predicted octanol–water partition coefficient (Wildman–Crippen LogP) is 2.39. The molecule has 2 aromatic heterocycles. The van der Waals surface area contributed by atoms with Gasteiger partial charge < -0.3 is 9.88 Å². The third-order valence-electron chi connectivity index (χ3n) is 3.84. The SMILES string of the molecule is Cn1cc(CCNc2nccn2C2CCCC2)cn1. The standard InChI is InChI=1S/C14H21N5/c1-18-11-12(10-17-18)6-7-15-14-16-8-9-19(14)13-4-2-3-5-13/h8-11,13H,2-7H2,1H3,(H,15,16). The van der Waals surface area contributed by atoms with Crippen LogP contribution in [0.5, 0.6) is 0 Å². The third-order valence-corrected chi connectivity index (χ3v) is 3.84. The fraction of sp³-hybridized carbons (Fsp3) is 0.571. The van der Waals surface area contributed by atoms with E-state index in [0.29, 0.717) is 6.04 Å². The van der Waals surface area contributed by atoms with E-state index < -0.39 is 0 Å². The first-order valence-corrected chi connectivity index (χ1v) is 7.07. The van der Waals surface area contributed by atoms with Crippen LogP contribution < -0.4 is 5.32 Å². The van der Waals surface area contributed by atoms with Gasteiger partial charge in [-0.1, -0.05) is 12.8 Å². The van der Waals surface area contributed by atoms with Gasteiger partial charge in [0, 0.05) is 38.2 Å². The molecule has 0 saturated heterocycles. The molecule has 2 aromatic rings. The Bertz CT molecular complexity index is 521. The maximum Gasteiger partial charge on any atom is 0.203 e. The van der Waals surface area contributed by atoms with Crippen molar-refractivity contribution in [3.8, 4) is 0 Å². The second-order valence-corrected chi connectivity index (χ2v) is 5.30. The minimum Gasteiger partial charge on any atom is -0.355 e. The second kappa shape index (κ2) is 5.47. The van der Waals surface area contributed by atoms with Crippen molar-refractivity contribution >= 4 is 5.95 Å². The Morgan fingerprint density at radius 1 is 1.37 bits per heavy atom. The van der Waals surface area contributed by atoms with Crippen LogP contribution in [-0.2, 0) is 13.5 Å². The highest BCUT2D eigenvalue weighted by Crippen LogP contribution is 2.31. The zero-order chi connectivity index (χ0) is 13.1. The van der Waals surface area contributed by atoms with Gasteiger partial charge in [0.2, 0.25) is 5.95 Å². The van der Waals surface area contributed by atoms with Gasteiger partial charge in [-0.15, -0.1) is 0 Å². The van der Waals surface area contributed by atoms with E-state index in [1.807, 2.05) is 24.1 Å². The number of anilines is 1. The van der Waals surface area contributed by atoms with Crippen LogP contribution in [0.15, 0.2) is 24.8 Å². The summed E-state index contributed by atoms with van der Waals surface area (Å²) in [7, 11) is 1.95. The summed E-state index contributed by atoms with van der Waals surface area (Å²) in [5.74, 6) is 1.01. The molecule has 1 aliphatic carbocycles. The van der Waals surface area contributed by atoms with Crippen molar-refractivity contribution < 1.29 is 0 Å². The monoisotopic (exact) mass is 259 g/mol. The molecule has 0 amide bonds. The van der Waals surface area contributed by atoms with Crippen molar-refractivity contribution in [2.75, 3.05) is 11.9 Å². The van der Waals surface area contributed by atoms with Gasteiger partial charge in [0.25, 0.3) is 0 Å². The lowest BCUT2D eigenvalue weighted by molar-refractivity contribution is 0.523. The zero-order valence-corrected chi connectivity index (χ0v) is 11.4. The van der Waals surface area contributed by atoms with Crippen LogP contribution in [0.25, 0.3) is 0 Å². The average Bonchev–Trinajstić information content (AvgIpc) is 3.09. The molecule has 0 unspecified atom stereocenters. The number of nitrogens with one attached hydrogen (secondary N) is 1. The van der Waals surface area contributed by atoms with E-state index in [9.17, 15) is 0 Å². The molecule has 1 fully saturated rings. The Balaban J connectivity index is 1.56. The molecule has 1 N–H and O–H groups in total. The lowest BCUT2D eigenvalue weighted by Crippen LogP contribution is -2.12. The van der Waals surface area contributed by atoms with Crippen LogP contribution in [0.1, 0.15) is 37.3 Å². The Labute approximate surface area is 113 Å². The van der Waals surface area contributed by atoms with E-state index in [1.165, 1.54) is 31.2 Å². The number of rotatable bonds is 5. The first-order chi connectivity index (χ1) is 9.33. The van der Waals surface area contributed by atoms with Crippen LogP contribution in [-0.4, -0.2) is 25.9 Å². The summed E-state index contributed by atoms with van der Waals surface area (Å²) in [6.45, 7) is 0.898. The molecule has 19 heavy (non-hydrogen) atoms. The van der Waals surface area contributed by atoms with Gasteiger partial charge in [0.05, 0.1) is 6.20 Å². The molecule has 0 spiro atoms. The van der Waals surface area contributed by atoms with Gasteiger partial charge in [-0.2, -0.15) is 5.10 Å². The van der Waals surface area contributed by atoms with Crippen molar-refractivity contribution in [2.45, 2.75) is 38.1 Å². The summed E-state index contributed by atoms with van der Waals surface area (Å²) >= 11 is 0. The fourth-order valence-corrected chi connectivity index (χ4v) is 2.85. The maximum atomic E-state index is 4.43. The van der Waals surface area contributed by atoms with Crippen molar-refractivity contribution in [3.63, 3.8) is 0 Å². The van der Waals surface area contributed by atoms with Crippen LogP contribution in [0.3, 0.4) is 0 Å². The van der Waals surface area contributed by atoms with Crippen molar-refractivity contribution in [2.24, 2.45) is 7.05 Å². The molecule has 1 aliphatic rings. The van der Waals surface area contributed by atoms with E-state index in [1.54, 1.807) is 0 Å². The Morgan fingerprint density at radius 3 is 2.95 bits per heavy atom. The minimum absolute atomic E-state index is 0.642. The molecule has 5 nitrogen and oxygen atoms in total. The molecule has 0 atom stereocenters. The topological polar surface area (TPSA) is 47.7 Å². The Hall–Kier alpha value is -1.78. The highest BCUT2D eigenvalue weighted by atomic mass is 15.2. The molecular weight excluding hydrogens is 238 g/mol. The Kier molecular flexibility index (Phi) is 3.53. The van der Waals surface area contributed by atoms with Crippen LogP contribution in [0.4, 0.5) is 5.95 Å². The molecule has 102 valence electrons. The summed E-state index contributed by atoms with van der Waals surface area (Å²) < 4.78 is 4.14. The lowest BCUT2D eigenvalue weighted by atomic mass is 10.2. The molecule has 0 aromatic carbocycles. The van der Waals surface area contributed by atoms with Gasteiger partial charge in [0.1, 0.15) is 0 Å². The van der Waals surface area contributed by atoms with Gasteiger partial charge in [-0.05, 0) is 24.8 Å². The summed E-state index contributed by atoms with van der Waals surface area (Å²) in [5, 5.41) is 7.62. The summed E-state index contributed by atoms with van der Waals surface area (Å²) in [6.07, 6.45) is 14.2. The molecule has 0 aliphatic heterocycles. The third kappa shape index (κ3) is 2.80. The van der Waals surface area contributed by atoms with Crippen LogP contribution in [0.2, 0.25) is 0 Å². The second-order valence-electron chi connectivity index (χ2n) is 5.30. The predicted molar refractivity (Wildman–Crippen MR) is 75.1 cm³/mol. The fourth-order valence-electron chi connectivity index (χ4n) is 2.85. The summed E-state index contributed by atoms with van der Waals surface area (Å²) in [4.78, 5) is 4.43. The van der Waals surface area contributed by atoms with E-state index in [-0.39, 0.29) is 0 Å². The molecule has 5 heteroatoms. The average molecular weight is 259 g/mol. The van der Waals surface area contributed by atoms with E-state index in [2.05, 4.69) is 32.4 Å². The van der Waals surface area contributed by atoms with E-state index in [0.717, 1.165) is 18.9 Å². The van der Waals surface area contributed by atoms with Gasteiger partial charge in [-0.25, -0.2) is 4.98 Å². The number of aryl methyl sites for hydroxylation is 1. The van der Waals surface area contributed by atoms with Gasteiger partial charge >= 0.3 is 0 Å². The normalized spacial score (nSPS) is 16.1. The lowest BCUT2D eigenvalue weighted by Gasteiger charge is -2.15. The van der Waals surface area contributed by atoms with E-state index >= 15 is 0 Å². The van der Waals surface area contributed by atoms with E-state index in [4.69, 9.17) is 0 Å².